The molecule has 0 unspecified atom stereocenters. The van der Waals surface area contributed by atoms with E-state index in [1.165, 1.54) is 0 Å². The Morgan fingerprint density at radius 2 is 1.83 bits per heavy atom. The molecule has 0 aliphatic rings. The van der Waals surface area contributed by atoms with Crippen molar-refractivity contribution in [3.63, 3.8) is 0 Å². The average molecular weight is 172 g/mol. The fraction of sp³-hybridized carbons (Fsp3) is 0.900. The fourth-order valence-corrected chi connectivity index (χ4v) is 0.966. The van der Waals surface area contributed by atoms with Crippen molar-refractivity contribution in [1.29, 1.82) is 0 Å². The minimum Gasteiger partial charge on any atom is -0.378 e. The Labute approximate surface area is 75.3 Å². The second kappa shape index (κ2) is 6.18. The standard InChI is InChI=1S/C10H20O2/c1-8(2)7-10(11)5-6-12-9(3)4/h8-9H,5-7H2,1-4H3. The molecule has 0 aliphatic carbocycles. The summed E-state index contributed by atoms with van der Waals surface area (Å²) < 4.78 is 5.27. The molecule has 2 heteroatoms. The third-order valence-corrected chi connectivity index (χ3v) is 1.47. The van der Waals surface area contributed by atoms with Gasteiger partial charge in [0.25, 0.3) is 0 Å². The molecule has 0 aromatic rings. The van der Waals surface area contributed by atoms with E-state index in [2.05, 4.69) is 13.8 Å². The number of Topliss-reactive ketones (excluding diaryl/α,β-unsaturated/α-hetero) is 1. The van der Waals surface area contributed by atoms with E-state index in [-0.39, 0.29) is 6.10 Å². The predicted molar refractivity (Wildman–Crippen MR) is 50.2 cm³/mol. The summed E-state index contributed by atoms with van der Waals surface area (Å²) in [5.41, 5.74) is 0. The molecule has 0 radical (unpaired) electrons. The van der Waals surface area contributed by atoms with Gasteiger partial charge in [0, 0.05) is 12.8 Å². The number of ether oxygens (including phenoxy) is 1. The van der Waals surface area contributed by atoms with E-state index < -0.39 is 0 Å². The van der Waals surface area contributed by atoms with Gasteiger partial charge in [-0.1, -0.05) is 13.8 Å². The highest BCUT2D eigenvalue weighted by Crippen LogP contribution is 2.03. The third kappa shape index (κ3) is 7.73. The maximum absolute atomic E-state index is 11.2. The Bertz CT molecular complexity index is 128. The predicted octanol–water partition coefficient (Wildman–Crippen LogP) is 2.42. The van der Waals surface area contributed by atoms with Gasteiger partial charge in [-0.25, -0.2) is 0 Å². The first-order valence-electron chi connectivity index (χ1n) is 4.65. The zero-order chi connectivity index (χ0) is 9.56. The quantitative estimate of drug-likeness (QED) is 0.615. The van der Waals surface area contributed by atoms with Gasteiger partial charge in [-0.05, 0) is 19.8 Å². The van der Waals surface area contributed by atoms with Crippen molar-refractivity contribution >= 4 is 5.78 Å². The first-order chi connectivity index (χ1) is 5.52. The molecular formula is C10H20O2. The molecule has 0 aromatic carbocycles. The molecule has 0 N–H and O–H groups in total. The van der Waals surface area contributed by atoms with Crippen molar-refractivity contribution in [3.8, 4) is 0 Å². The zero-order valence-electron chi connectivity index (χ0n) is 8.59. The van der Waals surface area contributed by atoms with Crippen LogP contribution >= 0.6 is 0 Å². The lowest BCUT2D eigenvalue weighted by atomic mass is 10.1. The first kappa shape index (κ1) is 11.6. The van der Waals surface area contributed by atoms with Crippen LogP contribution in [0, 0.1) is 5.92 Å². The van der Waals surface area contributed by atoms with Gasteiger partial charge in [0.1, 0.15) is 5.78 Å². The average Bonchev–Trinajstić information content (AvgIpc) is 1.84. The highest BCUT2D eigenvalue weighted by atomic mass is 16.5. The number of carbonyl (C=O) groups is 1. The minimum atomic E-state index is 0.233. The number of hydrogen-bond donors (Lipinski definition) is 0. The van der Waals surface area contributed by atoms with E-state index in [1.54, 1.807) is 0 Å². The van der Waals surface area contributed by atoms with Crippen LogP contribution in [0.25, 0.3) is 0 Å². The van der Waals surface area contributed by atoms with Crippen LogP contribution in [0.3, 0.4) is 0 Å². The highest BCUT2D eigenvalue weighted by molar-refractivity contribution is 5.78. The van der Waals surface area contributed by atoms with Crippen molar-refractivity contribution in [1.82, 2.24) is 0 Å². The van der Waals surface area contributed by atoms with Gasteiger partial charge in [-0.15, -0.1) is 0 Å². The van der Waals surface area contributed by atoms with Gasteiger partial charge in [0.15, 0.2) is 0 Å². The summed E-state index contributed by atoms with van der Waals surface area (Å²) in [6.07, 6.45) is 1.48. The van der Waals surface area contributed by atoms with Crippen LogP contribution in [-0.2, 0) is 9.53 Å². The van der Waals surface area contributed by atoms with E-state index in [0.29, 0.717) is 31.1 Å². The molecule has 0 rings (SSSR count). The fourth-order valence-electron chi connectivity index (χ4n) is 0.966. The van der Waals surface area contributed by atoms with Crippen LogP contribution in [0.15, 0.2) is 0 Å². The van der Waals surface area contributed by atoms with Gasteiger partial charge in [0.05, 0.1) is 12.7 Å². The van der Waals surface area contributed by atoms with Crippen LogP contribution in [0.1, 0.15) is 40.5 Å². The van der Waals surface area contributed by atoms with E-state index in [0.717, 1.165) is 0 Å². The maximum atomic E-state index is 11.2. The van der Waals surface area contributed by atoms with Crippen molar-refractivity contribution in [3.05, 3.63) is 0 Å². The summed E-state index contributed by atoms with van der Waals surface area (Å²) in [6.45, 7) is 8.64. The molecule has 72 valence electrons. The molecule has 0 fully saturated rings. The second-order valence-electron chi connectivity index (χ2n) is 3.81. The smallest absolute Gasteiger partial charge is 0.135 e. The molecule has 0 spiro atoms. The van der Waals surface area contributed by atoms with Crippen LogP contribution in [0.5, 0.6) is 0 Å². The first-order valence-corrected chi connectivity index (χ1v) is 4.65. The second-order valence-corrected chi connectivity index (χ2v) is 3.81. The molecule has 0 aromatic heterocycles. The van der Waals surface area contributed by atoms with Gasteiger partial charge in [0.2, 0.25) is 0 Å². The Kier molecular flexibility index (Phi) is 5.99. The molecule has 0 saturated carbocycles. The van der Waals surface area contributed by atoms with Gasteiger partial charge >= 0.3 is 0 Å². The summed E-state index contributed by atoms with van der Waals surface area (Å²) in [5, 5.41) is 0. The van der Waals surface area contributed by atoms with E-state index in [9.17, 15) is 4.79 Å². The normalized spacial score (nSPS) is 11.2. The van der Waals surface area contributed by atoms with Gasteiger partial charge in [-0.3, -0.25) is 4.79 Å². The molecule has 0 aliphatic heterocycles. The molecule has 0 atom stereocenters. The maximum Gasteiger partial charge on any atom is 0.135 e. The van der Waals surface area contributed by atoms with Crippen molar-refractivity contribution in [2.75, 3.05) is 6.61 Å². The lowest BCUT2D eigenvalue weighted by molar-refractivity contribution is -0.121. The van der Waals surface area contributed by atoms with E-state index in [4.69, 9.17) is 4.74 Å². The Morgan fingerprint density at radius 1 is 1.25 bits per heavy atom. The number of rotatable bonds is 6. The summed E-state index contributed by atoms with van der Waals surface area (Å²) in [4.78, 5) is 11.2. The highest BCUT2D eigenvalue weighted by Gasteiger charge is 2.04. The Morgan fingerprint density at radius 3 is 2.25 bits per heavy atom. The van der Waals surface area contributed by atoms with Crippen LogP contribution in [0.4, 0.5) is 0 Å². The van der Waals surface area contributed by atoms with Gasteiger partial charge < -0.3 is 4.74 Å². The third-order valence-electron chi connectivity index (χ3n) is 1.47. The monoisotopic (exact) mass is 172 g/mol. The molecule has 0 amide bonds. The molecule has 12 heavy (non-hydrogen) atoms. The lowest BCUT2D eigenvalue weighted by Crippen LogP contribution is -2.10. The molecule has 2 nitrogen and oxygen atoms in total. The van der Waals surface area contributed by atoms with Crippen LogP contribution in [-0.4, -0.2) is 18.5 Å². The largest absolute Gasteiger partial charge is 0.378 e. The van der Waals surface area contributed by atoms with Crippen LogP contribution in [0.2, 0.25) is 0 Å². The summed E-state index contributed by atoms with van der Waals surface area (Å²) >= 11 is 0. The topological polar surface area (TPSA) is 26.3 Å². The summed E-state index contributed by atoms with van der Waals surface area (Å²) in [6, 6.07) is 0. The number of ketones is 1. The van der Waals surface area contributed by atoms with Crippen molar-refractivity contribution in [2.24, 2.45) is 5.92 Å². The molecule has 0 heterocycles. The number of hydrogen-bond acceptors (Lipinski definition) is 2. The Balaban J connectivity index is 3.32. The van der Waals surface area contributed by atoms with Crippen LogP contribution < -0.4 is 0 Å². The molecule has 0 bridgehead atoms. The van der Waals surface area contributed by atoms with Crippen molar-refractivity contribution in [2.45, 2.75) is 46.6 Å². The summed E-state index contributed by atoms with van der Waals surface area (Å²) in [7, 11) is 0. The zero-order valence-corrected chi connectivity index (χ0v) is 8.59. The molecular weight excluding hydrogens is 152 g/mol. The van der Waals surface area contributed by atoms with E-state index >= 15 is 0 Å². The van der Waals surface area contributed by atoms with Crippen molar-refractivity contribution < 1.29 is 9.53 Å². The minimum absolute atomic E-state index is 0.233. The number of carbonyl (C=O) groups excluding carboxylic acids is 1. The van der Waals surface area contributed by atoms with Gasteiger partial charge in [-0.2, -0.15) is 0 Å². The molecule has 0 saturated heterocycles. The van der Waals surface area contributed by atoms with E-state index in [1.807, 2.05) is 13.8 Å². The Hall–Kier alpha value is -0.370. The lowest BCUT2D eigenvalue weighted by Gasteiger charge is -2.07. The SMILES string of the molecule is CC(C)CC(=O)CCOC(C)C. The summed E-state index contributed by atoms with van der Waals surface area (Å²) in [5.74, 6) is 0.780.